The lowest BCUT2D eigenvalue weighted by atomic mass is 9.85. The molecule has 3 rings (SSSR count). The number of hydrogen-bond acceptors (Lipinski definition) is 3. The average Bonchev–Trinajstić information content (AvgIpc) is 3.14. The summed E-state index contributed by atoms with van der Waals surface area (Å²) in [5, 5.41) is 2.20. The minimum Gasteiger partial charge on any atom is -0.377 e. The molecule has 1 saturated carbocycles. The van der Waals surface area contributed by atoms with Crippen LogP contribution < -0.4 is 0 Å². The van der Waals surface area contributed by atoms with Gasteiger partial charge in [0.1, 0.15) is 0 Å². The molecule has 1 aliphatic heterocycles. The molecular formula is C17H27NOS. The third-order valence-electron chi connectivity index (χ3n) is 4.82. The standard InChI is InChI=1S/C17H27NOS/c1-2-10-18(9-1)11-12-19-16-7-5-15(6-8-16)14-17-4-3-13-20-17/h3-4,13,15-16H,1-2,5-12,14H2. The first kappa shape index (κ1) is 14.6. The lowest BCUT2D eigenvalue weighted by Crippen LogP contribution is -2.28. The molecule has 0 unspecified atom stereocenters. The van der Waals surface area contributed by atoms with Gasteiger partial charge in [0, 0.05) is 11.4 Å². The van der Waals surface area contributed by atoms with Gasteiger partial charge in [-0.05, 0) is 75.4 Å². The van der Waals surface area contributed by atoms with E-state index in [1.54, 1.807) is 4.88 Å². The molecule has 0 amide bonds. The molecule has 0 radical (unpaired) electrons. The largest absolute Gasteiger partial charge is 0.377 e. The van der Waals surface area contributed by atoms with Gasteiger partial charge in [0.25, 0.3) is 0 Å². The van der Waals surface area contributed by atoms with Gasteiger partial charge in [-0.25, -0.2) is 0 Å². The summed E-state index contributed by atoms with van der Waals surface area (Å²) in [6, 6.07) is 4.45. The van der Waals surface area contributed by atoms with E-state index in [4.69, 9.17) is 4.74 Å². The maximum absolute atomic E-state index is 6.09. The molecule has 2 nitrogen and oxygen atoms in total. The van der Waals surface area contributed by atoms with Gasteiger partial charge < -0.3 is 9.64 Å². The number of rotatable bonds is 6. The Labute approximate surface area is 127 Å². The van der Waals surface area contributed by atoms with Crippen molar-refractivity contribution in [3.63, 3.8) is 0 Å². The third-order valence-corrected chi connectivity index (χ3v) is 5.72. The van der Waals surface area contributed by atoms with E-state index in [-0.39, 0.29) is 0 Å². The van der Waals surface area contributed by atoms with Crippen LogP contribution in [0.5, 0.6) is 0 Å². The minimum absolute atomic E-state index is 0.539. The van der Waals surface area contributed by atoms with Gasteiger partial charge in [-0.1, -0.05) is 6.07 Å². The average molecular weight is 293 g/mol. The SMILES string of the molecule is c1csc(CC2CCC(OCCN3CCCC3)CC2)c1. The number of hydrogen-bond donors (Lipinski definition) is 0. The number of ether oxygens (including phenoxy) is 1. The van der Waals surface area contributed by atoms with E-state index in [1.165, 1.54) is 58.0 Å². The van der Waals surface area contributed by atoms with E-state index in [0.717, 1.165) is 19.1 Å². The quantitative estimate of drug-likeness (QED) is 0.787. The monoisotopic (exact) mass is 293 g/mol. The summed E-state index contributed by atoms with van der Waals surface area (Å²) in [7, 11) is 0. The van der Waals surface area contributed by atoms with Crippen LogP contribution in [0.3, 0.4) is 0 Å². The van der Waals surface area contributed by atoms with Crippen molar-refractivity contribution in [1.29, 1.82) is 0 Å². The first-order valence-corrected chi connectivity index (χ1v) is 9.14. The van der Waals surface area contributed by atoms with Crippen molar-refractivity contribution >= 4 is 11.3 Å². The Balaban J connectivity index is 1.30. The second kappa shape index (κ2) is 7.58. The molecule has 0 N–H and O–H groups in total. The summed E-state index contributed by atoms with van der Waals surface area (Å²) in [5.74, 6) is 0.895. The molecule has 0 spiro atoms. The third kappa shape index (κ3) is 4.31. The first-order valence-electron chi connectivity index (χ1n) is 8.26. The van der Waals surface area contributed by atoms with Crippen LogP contribution in [-0.4, -0.2) is 37.2 Å². The number of likely N-dealkylation sites (tertiary alicyclic amines) is 1. The van der Waals surface area contributed by atoms with Gasteiger partial charge in [0.2, 0.25) is 0 Å². The Hall–Kier alpha value is -0.380. The molecule has 2 fully saturated rings. The Morgan fingerprint density at radius 2 is 1.95 bits per heavy atom. The summed E-state index contributed by atoms with van der Waals surface area (Å²) in [6.07, 6.45) is 9.85. The van der Waals surface area contributed by atoms with Gasteiger partial charge in [-0.2, -0.15) is 0 Å². The van der Waals surface area contributed by atoms with Crippen molar-refractivity contribution in [2.24, 2.45) is 5.92 Å². The predicted molar refractivity (Wildman–Crippen MR) is 85.4 cm³/mol. The van der Waals surface area contributed by atoms with E-state index < -0.39 is 0 Å². The van der Waals surface area contributed by atoms with Gasteiger partial charge in [0.15, 0.2) is 0 Å². The Morgan fingerprint density at radius 3 is 2.65 bits per heavy atom. The van der Waals surface area contributed by atoms with Crippen LogP contribution in [0.4, 0.5) is 0 Å². The van der Waals surface area contributed by atoms with Crippen LogP contribution in [0, 0.1) is 5.92 Å². The molecule has 0 atom stereocenters. The van der Waals surface area contributed by atoms with Crippen LogP contribution in [0.25, 0.3) is 0 Å². The fourth-order valence-corrected chi connectivity index (χ4v) is 4.39. The molecule has 0 bridgehead atoms. The second-order valence-corrected chi connectivity index (χ2v) is 7.38. The topological polar surface area (TPSA) is 12.5 Å². The van der Waals surface area contributed by atoms with Crippen molar-refractivity contribution in [2.75, 3.05) is 26.2 Å². The molecule has 20 heavy (non-hydrogen) atoms. The molecule has 112 valence electrons. The normalized spacial score (nSPS) is 28.0. The molecule has 2 heterocycles. The zero-order chi connectivity index (χ0) is 13.6. The molecule has 2 aliphatic rings. The highest BCUT2D eigenvalue weighted by Gasteiger charge is 2.22. The summed E-state index contributed by atoms with van der Waals surface area (Å²) < 4.78 is 6.09. The second-order valence-electron chi connectivity index (χ2n) is 6.35. The molecule has 0 aromatic carbocycles. The van der Waals surface area contributed by atoms with E-state index in [1.807, 2.05) is 11.3 Å². The molecule has 1 aliphatic carbocycles. The Morgan fingerprint density at radius 1 is 1.15 bits per heavy atom. The van der Waals surface area contributed by atoms with E-state index in [9.17, 15) is 0 Å². The molecule has 1 aromatic rings. The van der Waals surface area contributed by atoms with Crippen LogP contribution >= 0.6 is 11.3 Å². The lowest BCUT2D eigenvalue weighted by Gasteiger charge is -2.29. The minimum atomic E-state index is 0.539. The summed E-state index contributed by atoms with van der Waals surface area (Å²) in [6.45, 7) is 4.67. The van der Waals surface area contributed by atoms with Gasteiger partial charge in [0.05, 0.1) is 12.7 Å². The Bertz CT molecular complexity index is 364. The van der Waals surface area contributed by atoms with Crippen LogP contribution in [0.1, 0.15) is 43.4 Å². The zero-order valence-electron chi connectivity index (χ0n) is 12.4. The van der Waals surface area contributed by atoms with Gasteiger partial charge >= 0.3 is 0 Å². The summed E-state index contributed by atoms with van der Waals surface area (Å²) >= 11 is 1.91. The lowest BCUT2D eigenvalue weighted by molar-refractivity contribution is 0.00968. The highest BCUT2D eigenvalue weighted by molar-refractivity contribution is 7.09. The van der Waals surface area contributed by atoms with Crippen LogP contribution in [-0.2, 0) is 11.2 Å². The van der Waals surface area contributed by atoms with Crippen molar-refractivity contribution < 1.29 is 4.74 Å². The maximum Gasteiger partial charge on any atom is 0.0597 e. The van der Waals surface area contributed by atoms with Crippen molar-refractivity contribution in [2.45, 2.75) is 51.0 Å². The van der Waals surface area contributed by atoms with Crippen molar-refractivity contribution in [3.8, 4) is 0 Å². The molecule has 1 aromatic heterocycles. The highest BCUT2D eigenvalue weighted by Crippen LogP contribution is 2.30. The molecule has 3 heteroatoms. The maximum atomic E-state index is 6.09. The van der Waals surface area contributed by atoms with Crippen LogP contribution in [0.15, 0.2) is 17.5 Å². The fourth-order valence-electron chi connectivity index (χ4n) is 3.57. The zero-order valence-corrected chi connectivity index (χ0v) is 13.2. The number of nitrogens with zero attached hydrogens (tertiary/aromatic N) is 1. The van der Waals surface area contributed by atoms with E-state index in [0.29, 0.717) is 6.10 Å². The summed E-state index contributed by atoms with van der Waals surface area (Å²) in [4.78, 5) is 4.10. The van der Waals surface area contributed by atoms with Crippen molar-refractivity contribution in [1.82, 2.24) is 4.90 Å². The predicted octanol–water partition coefficient (Wildman–Crippen LogP) is 3.96. The smallest absolute Gasteiger partial charge is 0.0597 e. The molecule has 1 saturated heterocycles. The van der Waals surface area contributed by atoms with Gasteiger partial charge in [-0.15, -0.1) is 11.3 Å². The fraction of sp³-hybridized carbons (Fsp3) is 0.765. The Kier molecular flexibility index (Phi) is 5.51. The van der Waals surface area contributed by atoms with E-state index >= 15 is 0 Å². The van der Waals surface area contributed by atoms with Crippen LogP contribution in [0.2, 0.25) is 0 Å². The van der Waals surface area contributed by atoms with Gasteiger partial charge in [-0.3, -0.25) is 0 Å². The highest BCUT2D eigenvalue weighted by atomic mass is 32.1. The van der Waals surface area contributed by atoms with E-state index in [2.05, 4.69) is 22.4 Å². The number of thiophene rings is 1. The molecular weight excluding hydrogens is 266 g/mol. The van der Waals surface area contributed by atoms with Crippen molar-refractivity contribution in [3.05, 3.63) is 22.4 Å². The first-order chi connectivity index (χ1) is 9.90. The summed E-state index contributed by atoms with van der Waals surface area (Å²) in [5.41, 5.74) is 0.